The summed E-state index contributed by atoms with van der Waals surface area (Å²) in [5.74, 6) is -0.671. The zero-order valence-corrected chi connectivity index (χ0v) is 23.0. The Morgan fingerprint density at radius 3 is 2.20 bits per heavy atom. The average Bonchev–Trinajstić information content (AvgIpc) is 2.75. The third-order valence-electron chi connectivity index (χ3n) is 4.70. The first-order chi connectivity index (χ1) is 16.3. The van der Waals surface area contributed by atoms with Crippen molar-refractivity contribution in [3.8, 4) is 0 Å². The minimum atomic E-state index is -0.728. The Balaban J connectivity index is 4.80. The van der Waals surface area contributed by atoms with Crippen LogP contribution in [0.2, 0.25) is 0 Å². The molecule has 35 heavy (non-hydrogen) atoms. The SMILES string of the molecule is CC(C)=C/C=C/C/C=C(C)/C=C\C=C/C(=O)NC(C(=O)N/C=C\CC(O)C/C=C(\C)Cl)C(C)(C)C. The van der Waals surface area contributed by atoms with Gasteiger partial charge in [0, 0.05) is 11.1 Å². The van der Waals surface area contributed by atoms with Gasteiger partial charge in [-0.15, -0.1) is 0 Å². The van der Waals surface area contributed by atoms with Crippen molar-refractivity contribution in [2.75, 3.05) is 0 Å². The summed E-state index contributed by atoms with van der Waals surface area (Å²) in [6.07, 6.45) is 21.1. The van der Waals surface area contributed by atoms with E-state index >= 15 is 0 Å². The van der Waals surface area contributed by atoms with Crippen molar-refractivity contribution in [3.63, 3.8) is 0 Å². The van der Waals surface area contributed by atoms with Crippen molar-refractivity contribution in [3.05, 3.63) is 83.1 Å². The minimum Gasteiger partial charge on any atom is -0.392 e. The second-order valence-corrected chi connectivity index (χ2v) is 10.3. The van der Waals surface area contributed by atoms with Crippen LogP contribution in [0.5, 0.6) is 0 Å². The molecule has 0 aromatic rings. The molecule has 0 radical (unpaired) electrons. The summed E-state index contributed by atoms with van der Waals surface area (Å²) in [5, 5.41) is 16.0. The number of hydrogen-bond acceptors (Lipinski definition) is 3. The fourth-order valence-electron chi connectivity index (χ4n) is 2.72. The highest BCUT2D eigenvalue weighted by Crippen LogP contribution is 2.19. The van der Waals surface area contributed by atoms with Gasteiger partial charge >= 0.3 is 0 Å². The summed E-state index contributed by atoms with van der Waals surface area (Å²) >= 11 is 5.76. The third-order valence-corrected chi connectivity index (χ3v) is 4.85. The van der Waals surface area contributed by atoms with E-state index in [0.717, 1.165) is 12.0 Å². The van der Waals surface area contributed by atoms with Crippen molar-refractivity contribution in [2.45, 2.75) is 79.9 Å². The highest BCUT2D eigenvalue weighted by atomic mass is 35.5. The van der Waals surface area contributed by atoms with Gasteiger partial charge in [-0.3, -0.25) is 9.59 Å². The van der Waals surface area contributed by atoms with E-state index in [4.69, 9.17) is 11.6 Å². The van der Waals surface area contributed by atoms with E-state index in [1.807, 2.05) is 39.8 Å². The molecule has 0 rings (SSSR count). The zero-order chi connectivity index (χ0) is 26.9. The molecule has 3 N–H and O–H groups in total. The van der Waals surface area contributed by atoms with Crippen LogP contribution < -0.4 is 10.6 Å². The minimum absolute atomic E-state index is 0.322. The fourth-order valence-corrected chi connectivity index (χ4v) is 2.81. The van der Waals surface area contributed by atoms with E-state index in [0.29, 0.717) is 17.9 Å². The van der Waals surface area contributed by atoms with Gasteiger partial charge in [-0.2, -0.15) is 0 Å². The van der Waals surface area contributed by atoms with Crippen LogP contribution in [0.15, 0.2) is 83.1 Å². The molecule has 0 aromatic heterocycles. The van der Waals surface area contributed by atoms with E-state index in [9.17, 15) is 14.7 Å². The number of carbonyl (C=O) groups excluding carboxylic acids is 2. The van der Waals surface area contributed by atoms with E-state index in [-0.39, 0.29) is 11.8 Å². The summed E-state index contributed by atoms with van der Waals surface area (Å²) in [6.45, 7) is 13.5. The van der Waals surface area contributed by atoms with Crippen LogP contribution in [0.3, 0.4) is 0 Å². The molecule has 0 aliphatic carbocycles. The number of halogens is 1. The normalized spacial score (nSPS) is 15.2. The Morgan fingerprint density at radius 2 is 1.60 bits per heavy atom. The molecule has 0 fully saturated rings. The van der Waals surface area contributed by atoms with Crippen LogP contribution in [-0.2, 0) is 9.59 Å². The molecular weight excluding hydrogens is 460 g/mol. The Bertz CT molecular complexity index is 876. The molecule has 0 aromatic carbocycles. The topological polar surface area (TPSA) is 78.4 Å². The number of hydrogen-bond donors (Lipinski definition) is 3. The molecule has 5 nitrogen and oxygen atoms in total. The van der Waals surface area contributed by atoms with Gasteiger partial charge in [0.15, 0.2) is 0 Å². The number of rotatable bonds is 13. The number of allylic oxidation sites excluding steroid dienone is 10. The maximum atomic E-state index is 12.7. The van der Waals surface area contributed by atoms with Gasteiger partial charge in [0.05, 0.1) is 6.10 Å². The molecule has 0 aliphatic heterocycles. The summed E-state index contributed by atoms with van der Waals surface area (Å²) in [7, 11) is 0. The highest BCUT2D eigenvalue weighted by Gasteiger charge is 2.31. The summed E-state index contributed by atoms with van der Waals surface area (Å²) in [4.78, 5) is 25.1. The molecule has 0 heterocycles. The smallest absolute Gasteiger partial charge is 0.247 e. The number of carbonyl (C=O) groups is 2. The van der Waals surface area contributed by atoms with E-state index in [1.165, 1.54) is 17.8 Å². The van der Waals surface area contributed by atoms with Crippen molar-refractivity contribution >= 4 is 23.4 Å². The molecule has 0 saturated heterocycles. The number of nitrogens with one attached hydrogen (secondary N) is 2. The van der Waals surface area contributed by atoms with Gasteiger partial charge in [-0.05, 0) is 58.6 Å². The molecule has 2 amide bonds. The van der Waals surface area contributed by atoms with Gasteiger partial charge in [-0.1, -0.05) is 98.2 Å². The molecule has 6 heteroatoms. The van der Waals surface area contributed by atoms with Crippen LogP contribution in [0.25, 0.3) is 0 Å². The highest BCUT2D eigenvalue weighted by molar-refractivity contribution is 6.29. The largest absolute Gasteiger partial charge is 0.392 e. The van der Waals surface area contributed by atoms with Crippen molar-refractivity contribution in [1.82, 2.24) is 10.6 Å². The van der Waals surface area contributed by atoms with Gasteiger partial charge < -0.3 is 15.7 Å². The fraction of sp³-hybridized carbons (Fsp3) is 0.448. The molecule has 194 valence electrons. The Morgan fingerprint density at radius 1 is 0.943 bits per heavy atom. The van der Waals surface area contributed by atoms with E-state index in [1.54, 1.807) is 31.2 Å². The Kier molecular flexibility index (Phi) is 16.4. The quantitative estimate of drug-likeness (QED) is 0.201. The summed E-state index contributed by atoms with van der Waals surface area (Å²) in [6, 6.07) is -0.728. The lowest BCUT2D eigenvalue weighted by Crippen LogP contribution is -2.52. The van der Waals surface area contributed by atoms with Gasteiger partial charge in [0.1, 0.15) is 6.04 Å². The van der Waals surface area contributed by atoms with Crippen LogP contribution >= 0.6 is 11.6 Å². The first-order valence-corrected chi connectivity index (χ1v) is 12.3. The lowest BCUT2D eigenvalue weighted by atomic mass is 9.86. The Hall–Kier alpha value is -2.63. The first-order valence-electron chi connectivity index (χ1n) is 11.9. The van der Waals surface area contributed by atoms with E-state index in [2.05, 4.69) is 42.7 Å². The molecule has 2 unspecified atom stereocenters. The molecule has 0 aliphatic rings. The predicted octanol–water partition coefficient (Wildman–Crippen LogP) is 6.40. The lowest BCUT2D eigenvalue weighted by Gasteiger charge is -2.29. The van der Waals surface area contributed by atoms with Crippen molar-refractivity contribution in [1.29, 1.82) is 0 Å². The van der Waals surface area contributed by atoms with Crippen LogP contribution in [0.4, 0.5) is 0 Å². The number of aliphatic hydroxyl groups excluding tert-OH is 1. The second-order valence-electron chi connectivity index (χ2n) is 9.71. The van der Waals surface area contributed by atoms with Crippen molar-refractivity contribution in [2.24, 2.45) is 5.41 Å². The first kappa shape index (κ1) is 32.4. The second kappa shape index (κ2) is 17.8. The van der Waals surface area contributed by atoms with Crippen LogP contribution in [-0.4, -0.2) is 29.1 Å². The lowest BCUT2D eigenvalue weighted by molar-refractivity contribution is -0.129. The summed E-state index contributed by atoms with van der Waals surface area (Å²) in [5.41, 5.74) is 1.86. The molecular formula is C29H43ClN2O3. The van der Waals surface area contributed by atoms with Gasteiger partial charge in [0.2, 0.25) is 11.8 Å². The molecule has 2 atom stereocenters. The maximum Gasteiger partial charge on any atom is 0.247 e. The third kappa shape index (κ3) is 18.4. The van der Waals surface area contributed by atoms with Crippen molar-refractivity contribution < 1.29 is 14.7 Å². The maximum absolute atomic E-state index is 12.7. The van der Waals surface area contributed by atoms with Gasteiger partial charge in [-0.25, -0.2) is 0 Å². The monoisotopic (exact) mass is 502 g/mol. The zero-order valence-electron chi connectivity index (χ0n) is 22.3. The number of amides is 2. The predicted molar refractivity (Wildman–Crippen MR) is 149 cm³/mol. The van der Waals surface area contributed by atoms with E-state index < -0.39 is 17.6 Å². The van der Waals surface area contributed by atoms with Crippen LogP contribution in [0, 0.1) is 5.41 Å². The molecule has 0 saturated carbocycles. The van der Waals surface area contributed by atoms with Gasteiger partial charge in [0.25, 0.3) is 0 Å². The summed E-state index contributed by atoms with van der Waals surface area (Å²) < 4.78 is 0. The average molecular weight is 503 g/mol. The number of aliphatic hydroxyl groups is 1. The molecule has 0 bridgehead atoms. The van der Waals surface area contributed by atoms with Crippen LogP contribution in [0.1, 0.15) is 67.7 Å². The molecule has 0 spiro atoms. The standard InChI is InChI=1S/C29H43ClN2O3/c1-22(2)14-9-8-10-15-23(3)16-11-12-18-26(34)32-27(29(5,6)7)28(35)31-21-13-17-25(33)20-19-24(4)30/h8-9,11-16,18-19,21,25,27,33H,10,17,20H2,1-7H3,(H,31,35)(H,32,34)/b9-8+,16-11-,18-12-,21-13-,23-15+,24-19+. The Labute approximate surface area is 217 Å².